The zero-order valence-electron chi connectivity index (χ0n) is 16.7. The van der Waals surface area contributed by atoms with Gasteiger partial charge in [0.2, 0.25) is 0 Å². The van der Waals surface area contributed by atoms with Gasteiger partial charge in [-0.1, -0.05) is 38.5 Å². The van der Waals surface area contributed by atoms with Crippen LogP contribution in [0.5, 0.6) is 0 Å². The number of hydrogen-bond donors (Lipinski definition) is 1. The molecule has 0 radical (unpaired) electrons. The summed E-state index contributed by atoms with van der Waals surface area (Å²) < 4.78 is 7.44. The van der Waals surface area contributed by atoms with E-state index in [2.05, 4.69) is 13.8 Å². The molecular formula is C20H30N2O3S2. The zero-order valence-corrected chi connectivity index (χ0v) is 18.3. The van der Waals surface area contributed by atoms with Gasteiger partial charge in [-0.15, -0.1) is 11.3 Å². The number of aromatic nitrogens is 2. The zero-order chi connectivity index (χ0) is 19.6. The van der Waals surface area contributed by atoms with Crippen molar-refractivity contribution in [3.63, 3.8) is 0 Å². The molecule has 1 N–H and O–H groups in total. The van der Waals surface area contributed by atoms with Gasteiger partial charge in [0.25, 0.3) is 5.56 Å². The highest BCUT2D eigenvalue weighted by molar-refractivity contribution is 7.99. The maximum atomic E-state index is 13.3. The molecule has 5 nitrogen and oxygen atoms in total. The first-order valence-electron chi connectivity index (χ1n) is 9.79. The van der Waals surface area contributed by atoms with Crippen molar-refractivity contribution in [2.75, 3.05) is 19.0 Å². The SMILES string of the molecule is Cc1sc2nc(SCC(O)COCC(C)C)n(C3CCCC3)c(=O)c2c1C. The minimum atomic E-state index is -0.565. The molecular weight excluding hydrogens is 380 g/mol. The van der Waals surface area contributed by atoms with Crippen LogP contribution in [0.25, 0.3) is 10.2 Å². The van der Waals surface area contributed by atoms with Crippen LogP contribution in [0, 0.1) is 19.8 Å². The van der Waals surface area contributed by atoms with Crippen molar-refractivity contribution in [2.45, 2.75) is 70.7 Å². The first-order chi connectivity index (χ1) is 12.9. The summed E-state index contributed by atoms with van der Waals surface area (Å²) in [4.78, 5) is 20.1. The summed E-state index contributed by atoms with van der Waals surface area (Å²) in [6.07, 6.45) is 3.82. The summed E-state index contributed by atoms with van der Waals surface area (Å²) in [5.41, 5.74) is 1.14. The lowest BCUT2D eigenvalue weighted by Gasteiger charge is -2.19. The van der Waals surface area contributed by atoms with Gasteiger partial charge in [-0.2, -0.15) is 0 Å². The van der Waals surface area contributed by atoms with Crippen molar-refractivity contribution in [3.8, 4) is 0 Å². The monoisotopic (exact) mass is 410 g/mol. The van der Waals surface area contributed by atoms with Crippen LogP contribution in [0.1, 0.15) is 56.0 Å². The molecule has 2 heterocycles. The predicted molar refractivity (Wildman–Crippen MR) is 113 cm³/mol. The van der Waals surface area contributed by atoms with E-state index in [1.807, 2.05) is 18.4 Å². The number of fused-ring (bicyclic) bond motifs is 1. The molecule has 1 aliphatic carbocycles. The third kappa shape index (κ3) is 4.75. The minimum Gasteiger partial charge on any atom is -0.390 e. The number of aliphatic hydroxyl groups is 1. The Bertz CT molecular complexity index is 838. The van der Waals surface area contributed by atoms with Crippen LogP contribution in [0.3, 0.4) is 0 Å². The molecule has 2 aromatic rings. The highest BCUT2D eigenvalue weighted by atomic mass is 32.2. The van der Waals surface area contributed by atoms with E-state index >= 15 is 0 Å². The molecule has 3 rings (SSSR count). The van der Waals surface area contributed by atoms with Gasteiger partial charge in [-0.3, -0.25) is 9.36 Å². The Morgan fingerprint density at radius 2 is 2.00 bits per heavy atom. The maximum absolute atomic E-state index is 13.3. The minimum absolute atomic E-state index is 0.0850. The number of nitrogens with zero attached hydrogens (tertiary/aromatic N) is 2. The molecule has 1 fully saturated rings. The smallest absolute Gasteiger partial charge is 0.263 e. The topological polar surface area (TPSA) is 64.4 Å². The van der Waals surface area contributed by atoms with E-state index in [9.17, 15) is 9.90 Å². The van der Waals surface area contributed by atoms with Gasteiger partial charge >= 0.3 is 0 Å². The highest BCUT2D eigenvalue weighted by Crippen LogP contribution is 2.34. The second-order valence-electron chi connectivity index (χ2n) is 7.87. The van der Waals surface area contributed by atoms with Crippen molar-refractivity contribution in [1.29, 1.82) is 0 Å². The van der Waals surface area contributed by atoms with Gasteiger partial charge in [0.15, 0.2) is 5.16 Å². The van der Waals surface area contributed by atoms with E-state index in [0.29, 0.717) is 24.9 Å². The summed E-state index contributed by atoms with van der Waals surface area (Å²) in [7, 11) is 0. The van der Waals surface area contributed by atoms with Gasteiger partial charge in [0.1, 0.15) is 4.83 Å². The first kappa shape index (κ1) is 20.8. The largest absolute Gasteiger partial charge is 0.390 e. The van der Waals surface area contributed by atoms with Crippen molar-refractivity contribution in [1.82, 2.24) is 9.55 Å². The fourth-order valence-corrected chi connectivity index (χ4v) is 5.57. The Balaban J connectivity index is 1.84. The molecule has 1 saturated carbocycles. The molecule has 0 aliphatic heterocycles. The van der Waals surface area contributed by atoms with Crippen LogP contribution < -0.4 is 5.56 Å². The molecule has 0 aromatic carbocycles. The fourth-order valence-electron chi connectivity index (χ4n) is 3.53. The Labute approximate surface area is 169 Å². The van der Waals surface area contributed by atoms with Gasteiger partial charge in [0, 0.05) is 23.3 Å². The molecule has 27 heavy (non-hydrogen) atoms. The standard InChI is InChI=1S/C20H30N2O3S2/c1-12(2)9-25-10-16(23)11-26-20-21-18-17(13(3)14(4)27-18)19(24)22(20)15-7-5-6-8-15/h12,15-16,23H,5-11H2,1-4H3. The Morgan fingerprint density at radius 1 is 1.30 bits per heavy atom. The van der Waals surface area contributed by atoms with Crippen LogP contribution in [0.4, 0.5) is 0 Å². The van der Waals surface area contributed by atoms with E-state index in [1.165, 1.54) is 11.8 Å². The number of thioether (sulfide) groups is 1. The lowest BCUT2D eigenvalue weighted by Crippen LogP contribution is -2.27. The second kappa shape index (κ2) is 9.07. The molecule has 0 amide bonds. The lowest BCUT2D eigenvalue weighted by molar-refractivity contribution is 0.0364. The van der Waals surface area contributed by atoms with Crippen LogP contribution in [0.2, 0.25) is 0 Å². The number of hydrogen-bond acceptors (Lipinski definition) is 6. The predicted octanol–water partition coefficient (Wildman–Crippen LogP) is 4.32. The van der Waals surface area contributed by atoms with E-state index in [-0.39, 0.29) is 11.6 Å². The number of rotatable bonds is 8. The van der Waals surface area contributed by atoms with Gasteiger partial charge in [-0.05, 0) is 38.2 Å². The van der Waals surface area contributed by atoms with E-state index in [1.54, 1.807) is 11.3 Å². The van der Waals surface area contributed by atoms with Crippen molar-refractivity contribution in [2.24, 2.45) is 5.92 Å². The third-order valence-electron chi connectivity index (χ3n) is 5.06. The second-order valence-corrected chi connectivity index (χ2v) is 10.1. The molecule has 150 valence electrons. The molecule has 1 atom stereocenters. The average molecular weight is 411 g/mol. The van der Waals surface area contributed by atoms with E-state index in [4.69, 9.17) is 9.72 Å². The van der Waals surface area contributed by atoms with Crippen molar-refractivity contribution in [3.05, 3.63) is 20.8 Å². The average Bonchev–Trinajstić information content (AvgIpc) is 3.21. The van der Waals surface area contributed by atoms with E-state index < -0.39 is 6.10 Å². The van der Waals surface area contributed by atoms with E-state index in [0.717, 1.165) is 51.5 Å². The summed E-state index contributed by atoms with van der Waals surface area (Å²) in [5, 5.41) is 11.8. The van der Waals surface area contributed by atoms with Crippen molar-refractivity contribution >= 4 is 33.3 Å². The van der Waals surface area contributed by atoms with Crippen LogP contribution in [-0.2, 0) is 4.74 Å². The summed E-state index contributed by atoms with van der Waals surface area (Å²) in [5.74, 6) is 0.929. The summed E-state index contributed by atoms with van der Waals surface area (Å²) in [6.45, 7) is 9.20. The normalized spacial score (nSPS) is 16.7. The number of aliphatic hydroxyl groups excluding tert-OH is 1. The Morgan fingerprint density at radius 3 is 2.67 bits per heavy atom. The molecule has 0 spiro atoms. The first-order valence-corrected chi connectivity index (χ1v) is 11.6. The van der Waals surface area contributed by atoms with Gasteiger partial charge in [-0.25, -0.2) is 4.98 Å². The van der Waals surface area contributed by atoms with Gasteiger partial charge in [0.05, 0.1) is 18.1 Å². The maximum Gasteiger partial charge on any atom is 0.263 e. The Kier molecular flexibility index (Phi) is 7.00. The third-order valence-corrected chi connectivity index (χ3v) is 7.26. The summed E-state index contributed by atoms with van der Waals surface area (Å²) in [6, 6.07) is 0.228. The van der Waals surface area contributed by atoms with Crippen LogP contribution in [-0.4, -0.2) is 39.7 Å². The van der Waals surface area contributed by atoms with Crippen LogP contribution in [0.15, 0.2) is 9.95 Å². The highest BCUT2D eigenvalue weighted by Gasteiger charge is 2.25. The molecule has 0 bridgehead atoms. The van der Waals surface area contributed by atoms with Crippen molar-refractivity contribution < 1.29 is 9.84 Å². The quantitative estimate of drug-likeness (QED) is 0.519. The summed E-state index contributed by atoms with van der Waals surface area (Å²) >= 11 is 3.06. The number of ether oxygens (including phenoxy) is 1. The van der Waals surface area contributed by atoms with Gasteiger partial charge < -0.3 is 9.84 Å². The Hall–Kier alpha value is -0.890. The molecule has 1 unspecified atom stereocenters. The number of aryl methyl sites for hydroxylation is 2. The molecule has 1 aliphatic rings. The molecule has 0 saturated heterocycles. The molecule has 2 aromatic heterocycles. The van der Waals surface area contributed by atoms with Crippen LogP contribution >= 0.6 is 23.1 Å². The lowest BCUT2D eigenvalue weighted by atomic mass is 10.2. The number of thiophene rings is 1. The fraction of sp³-hybridized carbons (Fsp3) is 0.700. The molecule has 7 heteroatoms.